The smallest absolute Gasteiger partial charge is 0.257 e. The van der Waals surface area contributed by atoms with Crippen molar-refractivity contribution in [2.45, 2.75) is 6.92 Å². The maximum Gasteiger partial charge on any atom is 0.257 e. The summed E-state index contributed by atoms with van der Waals surface area (Å²) in [4.78, 5) is 27.9. The zero-order valence-electron chi connectivity index (χ0n) is 16.8. The minimum absolute atomic E-state index is 0.113. The zero-order chi connectivity index (χ0) is 21.7. The molecule has 158 valence electrons. The number of rotatable bonds is 4. The van der Waals surface area contributed by atoms with Crippen LogP contribution in [0.3, 0.4) is 0 Å². The summed E-state index contributed by atoms with van der Waals surface area (Å²) in [5.41, 5.74) is 2.22. The van der Waals surface area contributed by atoms with Gasteiger partial charge in [0.15, 0.2) is 5.11 Å². The van der Waals surface area contributed by atoms with E-state index in [0.717, 1.165) is 37.6 Å². The number of nitrogens with zero attached hydrogens (tertiary/aromatic N) is 2. The fourth-order valence-corrected chi connectivity index (χ4v) is 3.65. The zero-order valence-corrected chi connectivity index (χ0v) is 18.3. The van der Waals surface area contributed by atoms with Crippen LogP contribution in [0, 0.1) is 0 Å². The summed E-state index contributed by atoms with van der Waals surface area (Å²) in [5.74, 6) is 0.246. The molecular formula is C21H23ClN4O3S. The third-order valence-corrected chi connectivity index (χ3v) is 5.36. The lowest BCUT2D eigenvalue weighted by atomic mass is 10.2. The molecule has 2 N–H and O–H groups in total. The predicted molar refractivity (Wildman–Crippen MR) is 123 cm³/mol. The first-order valence-corrected chi connectivity index (χ1v) is 10.2. The topological polar surface area (TPSA) is 73.9 Å². The van der Waals surface area contributed by atoms with E-state index in [4.69, 9.17) is 28.6 Å². The van der Waals surface area contributed by atoms with Crippen LogP contribution in [0.1, 0.15) is 17.3 Å². The van der Waals surface area contributed by atoms with E-state index >= 15 is 0 Å². The molecule has 0 atom stereocenters. The second-order valence-electron chi connectivity index (χ2n) is 6.80. The van der Waals surface area contributed by atoms with E-state index in [0.29, 0.717) is 16.3 Å². The van der Waals surface area contributed by atoms with Gasteiger partial charge in [-0.05, 0) is 54.7 Å². The van der Waals surface area contributed by atoms with E-state index in [1.807, 2.05) is 29.2 Å². The highest BCUT2D eigenvalue weighted by molar-refractivity contribution is 7.80. The Hall–Kier alpha value is -2.84. The maximum absolute atomic E-state index is 12.4. The molecule has 1 fully saturated rings. The normalized spacial score (nSPS) is 13.6. The minimum Gasteiger partial charge on any atom is -0.495 e. The quantitative estimate of drug-likeness (QED) is 0.703. The number of benzene rings is 2. The van der Waals surface area contributed by atoms with Crippen LogP contribution in [0.4, 0.5) is 11.4 Å². The lowest BCUT2D eigenvalue weighted by Gasteiger charge is -2.35. The standard InChI is InChI=1S/C21H23ClN4O3S/c1-14(27)25-9-11-26(12-10-25)17-6-4-16(5-7-17)23-21(30)24-20(28)15-3-8-19(29-2)18(22)13-15/h3-8,13H,9-12H2,1-2H3,(H2,23,24,28,30). The molecule has 0 bridgehead atoms. The molecule has 0 radical (unpaired) electrons. The summed E-state index contributed by atoms with van der Waals surface area (Å²) in [6.07, 6.45) is 0. The van der Waals surface area contributed by atoms with Crippen LogP contribution in [-0.2, 0) is 4.79 Å². The van der Waals surface area contributed by atoms with Gasteiger partial charge in [-0.2, -0.15) is 0 Å². The number of ether oxygens (including phenoxy) is 1. The molecule has 7 nitrogen and oxygen atoms in total. The third-order valence-electron chi connectivity index (χ3n) is 4.86. The Morgan fingerprint density at radius 2 is 1.73 bits per heavy atom. The number of carbonyl (C=O) groups is 2. The molecule has 1 aliphatic heterocycles. The second kappa shape index (κ2) is 9.77. The number of methoxy groups -OCH3 is 1. The molecule has 0 unspecified atom stereocenters. The highest BCUT2D eigenvalue weighted by Crippen LogP contribution is 2.25. The predicted octanol–water partition coefficient (Wildman–Crippen LogP) is 3.14. The van der Waals surface area contributed by atoms with E-state index in [1.165, 1.54) is 13.2 Å². The van der Waals surface area contributed by atoms with E-state index in [9.17, 15) is 9.59 Å². The molecule has 0 aliphatic carbocycles. The number of thiocarbonyl (C=S) groups is 1. The number of amides is 2. The molecule has 1 aliphatic rings. The molecular weight excluding hydrogens is 424 g/mol. The summed E-state index contributed by atoms with van der Waals surface area (Å²) < 4.78 is 5.09. The van der Waals surface area contributed by atoms with Crippen molar-refractivity contribution in [3.63, 3.8) is 0 Å². The van der Waals surface area contributed by atoms with Crippen LogP contribution in [0.15, 0.2) is 42.5 Å². The molecule has 3 rings (SSSR count). The van der Waals surface area contributed by atoms with Gasteiger partial charge in [0.05, 0.1) is 12.1 Å². The molecule has 1 saturated heterocycles. The van der Waals surface area contributed by atoms with Crippen LogP contribution in [0.25, 0.3) is 0 Å². The number of hydrogen-bond donors (Lipinski definition) is 2. The van der Waals surface area contributed by atoms with Crippen molar-refractivity contribution in [1.29, 1.82) is 0 Å². The van der Waals surface area contributed by atoms with Crippen LogP contribution >= 0.6 is 23.8 Å². The Morgan fingerprint density at radius 3 is 2.30 bits per heavy atom. The molecule has 0 spiro atoms. The lowest BCUT2D eigenvalue weighted by molar-refractivity contribution is -0.129. The average molecular weight is 447 g/mol. The van der Waals surface area contributed by atoms with Gasteiger partial charge >= 0.3 is 0 Å². The molecule has 0 aromatic heterocycles. The van der Waals surface area contributed by atoms with Gasteiger partial charge < -0.3 is 19.9 Å². The molecule has 2 aromatic carbocycles. The largest absolute Gasteiger partial charge is 0.495 e. The summed E-state index contributed by atoms with van der Waals surface area (Å²) in [6.45, 7) is 4.64. The highest BCUT2D eigenvalue weighted by atomic mass is 35.5. The molecule has 2 aromatic rings. The fraction of sp³-hybridized carbons (Fsp3) is 0.286. The third kappa shape index (κ3) is 5.40. The van der Waals surface area contributed by atoms with Crippen molar-refractivity contribution < 1.29 is 14.3 Å². The molecule has 2 amide bonds. The van der Waals surface area contributed by atoms with E-state index in [-0.39, 0.29) is 16.9 Å². The van der Waals surface area contributed by atoms with Crippen molar-refractivity contribution in [2.75, 3.05) is 43.5 Å². The second-order valence-corrected chi connectivity index (χ2v) is 7.61. The van der Waals surface area contributed by atoms with Crippen molar-refractivity contribution in [1.82, 2.24) is 10.2 Å². The van der Waals surface area contributed by atoms with E-state index < -0.39 is 0 Å². The number of hydrogen-bond acceptors (Lipinski definition) is 5. The van der Waals surface area contributed by atoms with Crippen molar-refractivity contribution >= 4 is 52.1 Å². The van der Waals surface area contributed by atoms with Gasteiger partial charge in [-0.15, -0.1) is 0 Å². The number of piperazine rings is 1. The number of nitrogens with one attached hydrogen (secondary N) is 2. The van der Waals surface area contributed by atoms with E-state index in [2.05, 4.69) is 15.5 Å². The summed E-state index contributed by atoms with van der Waals surface area (Å²) in [7, 11) is 1.51. The first-order valence-electron chi connectivity index (χ1n) is 9.44. The van der Waals surface area contributed by atoms with Crippen LogP contribution < -0.4 is 20.3 Å². The molecule has 30 heavy (non-hydrogen) atoms. The Bertz CT molecular complexity index is 944. The van der Waals surface area contributed by atoms with Crippen LogP contribution in [0.2, 0.25) is 5.02 Å². The lowest BCUT2D eigenvalue weighted by Crippen LogP contribution is -2.48. The Labute approximate surface area is 185 Å². The average Bonchev–Trinajstić information content (AvgIpc) is 2.74. The molecule has 9 heteroatoms. The Kier molecular flexibility index (Phi) is 7.12. The first-order chi connectivity index (χ1) is 14.4. The minimum atomic E-state index is -0.364. The Balaban J connectivity index is 1.54. The fourth-order valence-electron chi connectivity index (χ4n) is 3.18. The number of carbonyl (C=O) groups excluding carboxylic acids is 2. The van der Waals surface area contributed by atoms with Crippen molar-refractivity contribution in [3.05, 3.63) is 53.1 Å². The van der Waals surface area contributed by atoms with Gasteiger partial charge in [0, 0.05) is 50.0 Å². The van der Waals surface area contributed by atoms with Crippen LogP contribution in [0.5, 0.6) is 5.75 Å². The van der Waals surface area contributed by atoms with Gasteiger partial charge in [-0.3, -0.25) is 14.9 Å². The van der Waals surface area contributed by atoms with Gasteiger partial charge in [-0.25, -0.2) is 0 Å². The van der Waals surface area contributed by atoms with Gasteiger partial charge in [0.2, 0.25) is 5.91 Å². The Morgan fingerprint density at radius 1 is 1.07 bits per heavy atom. The summed E-state index contributed by atoms with van der Waals surface area (Å²) in [5, 5.41) is 6.18. The van der Waals surface area contributed by atoms with Gasteiger partial charge in [0.25, 0.3) is 5.91 Å². The van der Waals surface area contributed by atoms with Crippen molar-refractivity contribution in [3.8, 4) is 5.75 Å². The molecule has 0 saturated carbocycles. The maximum atomic E-state index is 12.4. The monoisotopic (exact) mass is 446 g/mol. The van der Waals surface area contributed by atoms with Gasteiger partial charge in [-0.1, -0.05) is 11.6 Å². The number of halogens is 1. The van der Waals surface area contributed by atoms with Gasteiger partial charge in [0.1, 0.15) is 5.75 Å². The van der Waals surface area contributed by atoms with E-state index in [1.54, 1.807) is 19.1 Å². The summed E-state index contributed by atoms with van der Waals surface area (Å²) in [6, 6.07) is 12.5. The number of anilines is 2. The van der Waals surface area contributed by atoms with Crippen LogP contribution in [-0.4, -0.2) is 55.1 Å². The summed E-state index contributed by atoms with van der Waals surface area (Å²) >= 11 is 11.3. The first kappa shape index (κ1) is 21.9. The highest BCUT2D eigenvalue weighted by Gasteiger charge is 2.18. The molecule has 1 heterocycles. The SMILES string of the molecule is COc1ccc(C(=O)NC(=S)Nc2ccc(N3CCN(C(C)=O)CC3)cc2)cc1Cl. The van der Waals surface area contributed by atoms with Crippen molar-refractivity contribution in [2.24, 2.45) is 0 Å².